The zero-order chi connectivity index (χ0) is 25.7. The molecule has 36 heavy (non-hydrogen) atoms. The van der Waals surface area contributed by atoms with Crippen molar-refractivity contribution in [3.8, 4) is 16.3 Å². The van der Waals surface area contributed by atoms with Crippen LogP contribution in [0.15, 0.2) is 42.5 Å². The average molecular weight is 520 g/mol. The summed E-state index contributed by atoms with van der Waals surface area (Å²) < 4.78 is 44.4. The molecule has 1 aromatic heterocycles. The third-order valence-corrected chi connectivity index (χ3v) is 6.59. The van der Waals surface area contributed by atoms with Gasteiger partial charge in [0.2, 0.25) is 5.91 Å². The standard InChI is InChI=1S/C24H24F3N5O3S/c1-31-8-10-32(11-9-31)14-21(34)28-18-12-15(6-7-20(18)35-24(26)27)19(33)13-22-29-30-23(36-22)16-4-2-3-5-17(16)25/h2-7,12,24H,8-11,13-14H2,1H3,(H,28,34). The lowest BCUT2D eigenvalue weighted by atomic mass is 10.1. The number of aromatic nitrogens is 2. The lowest BCUT2D eigenvalue weighted by Gasteiger charge is -2.31. The number of carbonyl (C=O) groups is 2. The first kappa shape index (κ1) is 25.7. The smallest absolute Gasteiger partial charge is 0.387 e. The van der Waals surface area contributed by atoms with Gasteiger partial charge in [0.1, 0.15) is 16.6 Å². The zero-order valence-electron chi connectivity index (χ0n) is 19.4. The summed E-state index contributed by atoms with van der Waals surface area (Å²) in [5, 5.41) is 11.2. The molecular weight excluding hydrogens is 495 g/mol. The first-order valence-corrected chi connectivity index (χ1v) is 12.0. The van der Waals surface area contributed by atoms with Crippen molar-refractivity contribution in [2.24, 2.45) is 0 Å². The SMILES string of the molecule is CN1CCN(CC(=O)Nc2cc(C(=O)Cc3nnc(-c4ccccc4F)s3)ccc2OC(F)F)CC1. The Bertz CT molecular complexity index is 1230. The summed E-state index contributed by atoms with van der Waals surface area (Å²) in [5.74, 6) is -1.46. The van der Waals surface area contributed by atoms with Gasteiger partial charge in [-0.05, 0) is 37.4 Å². The molecule has 0 atom stereocenters. The monoisotopic (exact) mass is 519 g/mol. The Kier molecular flexibility index (Phi) is 8.28. The van der Waals surface area contributed by atoms with Crippen LogP contribution in [0.25, 0.3) is 10.6 Å². The Morgan fingerprint density at radius 1 is 1.11 bits per heavy atom. The van der Waals surface area contributed by atoms with Crippen LogP contribution in [-0.2, 0) is 11.2 Å². The molecule has 8 nitrogen and oxygen atoms in total. The Balaban J connectivity index is 1.47. The van der Waals surface area contributed by atoms with E-state index in [1.165, 1.54) is 24.3 Å². The van der Waals surface area contributed by atoms with E-state index in [2.05, 4.69) is 25.2 Å². The quantitative estimate of drug-likeness (QED) is 0.433. The number of anilines is 1. The average Bonchev–Trinajstić information content (AvgIpc) is 3.29. The number of carbonyl (C=O) groups excluding carboxylic acids is 2. The molecular formula is C24H24F3N5O3S. The van der Waals surface area contributed by atoms with Gasteiger partial charge in [0, 0.05) is 37.3 Å². The van der Waals surface area contributed by atoms with Crippen molar-refractivity contribution < 1.29 is 27.5 Å². The minimum Gasteiger partial charge on any atom is -0.433 e. The number of halogens is 3. The van der Waals surface area contributed by atoms with Crippen molar-refractivity contribution in [3.05, 3.63) is 58.9 Å². The van der Waals surface area contributed by atoms with Gasteiger partial charge in [-0.2, -0.15) is 8.78 Å². The van der Waals surface area contributed by atoms with Gasteiger partial charge in [-0.1, -0.05) is 23.5 Å². The molecule has 0 spiro atoms. The maximum Gasteiger partial charge on any atom is 0.387 e. The van der Waals surface area contributed by atoms with E-state index in [0.717, 1.165) is 24.4 Å². The second-order valence-corrected chi connectivity index (χ2v) is 9.36. The van der Waals surface area contributed by atoms with Crippen LogP contribution in [0.4, 0.5) is 18.9 Å². The maximum absolute atomic E-state index is 14.0. The Labute approximate surface area is 209 Å². The Morgan fingerprint density at radius 2 is 1.86 bits per heavy atom. The van der Waals surface area contributed by atoms with E-state index in [-0.39, 0.29) is 41.3 Å². The molecule has 2 heterocycles. The van der Waals surface area contributed by atoms with Crippen molar-refractivity contribution in [2.45, 2.75) is 13.0 Å². The van der Waals surface area contributed by atoms with Crippen LogP contribution in [-0.4, -0.2) is 78.1 Å². The second kappa shape index (κ2) is 11.6. The third-order valence-electron chi connectivity index (χ3n) is 5.64. The first-order valence-electron chi connectivity index (χ1n) is 11.2. The summed E-state index contributed by atoms with van der Waals surface area (Å²) in [4.78, 5) is 29.6. The number of likely N-dealkylation sites (N-methyl/N-ethyl adjacent to an activating group) is 1. The highest BCUT2D eigenvalue weighted by Crippen LogP contribution is 2.30. The van der Waals surface area contributed by atoms with E-state index in [1.807, 2.05) is 11.9 Å². The van der Waals surface area contributed by atoms with Crippen LogP contribution < -0.4 is 10.1 Å². The highest BCUT2D eigenvalue weighted by Gasteiger charge is 2.20. The fourth-order valence-electron chi connectivity index (χ4n) is 3.71. The Hall–Kier alpha value is -3.35. The molecule has 1 saturated heterocycles. The number of rotatable bonds is 9. The molecule has 0 radical (unpaired) electrons. The van der Waals surface area contributed by atoms with Crippen molar-refractivity contribution in [2.75, 3.05) is 45.1 Å². The van der Waals surface area contributed by atoms with Crippen LogP contribution in [0.1, 0.15) is 15.4 Å². The van der Waals surface area contributed by atoms with Crippen LogP contribution >= 0.6 is 11.3 Å². The van der Waals surface area contributed by atoms with Crippen LogP contribution in [0.3, 0.4) is 0 Å². The molecule has 1 N–H and O–H groups in total. The molecule has 1 fully saturated rings. The molecule has 0 saturated carbocycles. The van der Waals surface area contributed by atoms with Gasteiger partial charge in [0.05, 0.1) is 18.7 Å². The number of alkyl halides is 2. The lowest BCUT2D eigenvalue weighted by Crippen LogP contribution is -2.47. The van der Waals surface area contributed by atoms with Crippen molar-refractivity contribution >= 4 is 28.7 Å². The van der Waals surface area contributed by atoms with E-state index in [9.17, 15) is 22.8 Å². The van der Waals surface area contributed by atoms with Gasteiger partial charge in [-0.15, -0.1) is 10.2 Å². The zero-order valence-corrected chi connectivity index (χ0v) is 20.2. The molecule has 190 valence electrons. The second-order valence-electron chi connectivity index (χ2n) is 8.30. The van der Waals surface area contributed by atoms with E-state index < -0.39 is 18.3 Å². The number of piperazine rings is 1. The lowest BCUT2D eigenvalue weighted by molar-refractivity contribution is -0.117. The van der Waals surface area contributed by atoms with E-state index in [1.54, 1.807) is 18.2 Å². The summed E-state index contributed by atoms with van der Waals surface area (Å²) in [7, 11) is 2.00. The summed E-state index contributed by atoms with van der Waals surface area (Å²) in [5.41, 5.74) is 0.436. The number of benzene rings is 2. The van der Waals surface area contributed by atoms with Gasteiger partial charge in [-0.3, -0.25) is 14.5 Å². The number of ketones is 1. The third kappa shape index (κ3) is 6.65. The van der Waals surface area contributed by atoms with Crippen molar-refractivity contribution in [1.29, 1.82) is 0 Å². The topological polar surface area (TPSA) is 87.7 Å². The molecule has 2 aromatic carbocycles. The van der Waals surface area contributed by atoms with Gasteiger partial charge >= 0.3 is 6.61 Å². The van der Waals surface area contributed by atoms with Crippen LogP contribution in [0, 0.1) is 5.82 Å². The molecule has 0 aliphatic carbocycles. The predicted molar refractivity (Wildman–Crippen MR) is 129 cm³/mol. The predicted octanol–water partition coefficient (Wildman–Crippen LogP) is 3.56. The van der Waals surface area contributed by atoms with Gasteiger partial charge in [-0.25, -0.2) is 4.39 Å². The summed E-state index contributed by atoms with van der Waals surface area (Å²) in [6.45, 7) is 0.0452. The number of ether oxygens (including phenoxy) is 1. The first-order chi connectivity index (χ1) is 17.3. The van der Waals surface area contributed by atoms with E-state index in [4.69, 9.17) is 0 Å². The van der Waals surface area contributed by atoms with Crippen molar-refractivity contribution in [3.63, 3.8) is 0 Å². The maximum atomic E-state index is 14.0. The molecule has 0 unspecified atom stereocenters. The number of nitrogens with one attached hydrogen (secondary N) is 1. The van der Waals surface area contributed by atoms with Crippen LogP contribution in [0.2, 0.25) is 0 Å². The van der Waals surface area contributed by atoms with Gasteiger partial charge in [0.25, 0.3) is 0 Å². The minimum absolute atomic E-state index is 0.0235. The van der Waals surface area contributed by atoms with Crippen molar-refractivity contribution in [1.82, 2.24) is 20.0 Å². The molecule has 1 amide bonds. The van der Waals surface area contributed by atoms with Crippen LogP contribution in [0.5, 0.6) is 5.75 Å². The van der Waals surface area contributed by atoms with Gasteiger partial charge in [0.15, 0.2) is 10.8 Å². The molecule has 12 heteroatoms. The molecule has 1 aliphatic rings. The highest BCUT2D eigenvalue weighted by atomic mass is 32.1. The molecule has 0 bridgehead atoms. The number of amides is 1. The minimum atomic E-state index is -3.10. The van der Waals surface area contributed by atoms with E-state index in [0.29, 0.717) is 23.1 Å². The number of nitrogens with zero attached hydrogens (tertiary/aromatic N) is 4. The number of hydrogen-bond acceptors (Lipinski definition) is 8. The molecule has 3 aromatic rings. The summed E-state index contributed by atoms with van der Waals surface area (Å²) >= 11 is 1.08. The fourth-order valence-corrected chi connectivity index (χ4v) is 4.57. The Morgan fingerprint density at radius 3 is 2.58 bits per heavy atom. The summed E-state index contributed by atoms with van der Waals surface area (Å²) in [6, 6.07) is 9.98. The van der Waals surface area contributed by atoms with Gasteiger partial charge < -0.3 is 15.0 Å². The largest absolute Gasteiger partial charge is 0.433 e. The van der Waals surface area contributed by atoms with E-state index >= 15 is 0 Å². The highest BCUT2D eigenvalue weighted by molar-refractivity contribution is 7.14. The number of Topliss-reactive ketones (excluding diaryl/α,β-unsaturated/α-hetero) is 1. The fraction of sp³-hybridized carbons (Fsp3) is 0.333. The molecule has 4 rings (SSSR count). The normalized spacial score (nSPS) is 14.7. The molecule has 1 aliphatic heterocycles. The summed E-state index contributed by atoms with van der Waals surface area (Å²) in [6.07, 6.45) is -0.129. The number of hydrogen-bond donors (Lipinski definition) is 1.